The zero-order valence-corrected chi connectivity index (χ0v) is 20.2. The molecule has 0 aliphatic carbocycles. The molecule has 1 aromatic carbocycles. The molecule has 1 aromatic rings. The van der Waals surface area contributed by atoms with E-state index >= 15 is 0 Å². The Hall–Kier alpha value is -0.900. The van der Waals surface area contributed by atoms with Crippen LogP contribution >= 0.6 is 24.0 Å². The number of nitrogens with one attached hydrogen (secondary N) is 2. The highest BCUT2D eigenvalue weighted by molar-refractivity contribution is 14.0. The summed E-state index contributed by atoms with van der Waals surface area (Å²) in [4.78, 5) is 4.61. The van der Waals surface area contributed by atoms with Gasteiger partial charge in [-0.05, 0) is 45.1 Å². The molecule has 1 fully saturated rings. The molecule has 1 heterocycles. The van der Waals surface area contributed by atoms with Crippen LogP contribution in [0.2, 0.25) is 0 Å². The SMILES string of the molecule is CCNC(=NCCCOCC1CCCO1)NCCCOC(C)c1ccccc1.I. The van der Waals surface area contributed by atoms with E-state index in [1.165, 1.54) is 5.56 Å². The van der Waals surface area contributed by atoms with E-state index in [-0.39, 0.29) is 30.1 Å². The summed E-state index contributed by atoms with van der Waals surface area (Å²) in [7, 11) is 0. The Morgan fingerprint density at radius 2 is 2.03 bits per heavy atom. The summed E-state index contributed by atoms with van der Waals surface area (Å²) in [5.74, 6) is 0.859. The third-order valence-electron chi connectivity index (χ3n) is 4.64. The number of aliphatic imine (C=N–C) groups is 1. The average molecular weight is 519 g/mol. The minimum atomic E-state index is 0. The smallest absolute Gasteiger partial charge is 0.191 e. The Kier molecular flexibility index (Phi) is 15.2. The maximum Gasteiger partial charge on any atom is 0.191 e. The molecule has 0 radical (unpaired) electrons. The van der Waals surface area contributed by atoms with Gasteiger partial charge in [-0.2, -0.15) is 0 Å². The Bertz CT molecular complexity index is 539. The molecule has 0 saturated carbocycles. The van der Waals surface area contributed by atoms with Crippen LogP contribution in [0.4, 0.5) is 0 Å². The molecule has 1 saturated heterocycles. The van der Waals surface area contributed by atoms with E-state index < -0.39 is 0 Å². The lowest BCUT2D eigenvalue weighted by Crippen LogP contribution is -2.38. The first-order valence-electron chi connectivity index (χ1n) is 10.7. The van der Waals surface area contributed by atoms with Gasteiger partial charge in [0, 0.05) is 39.5 Å². The Balaban J connectivity index is 0.00000420. The Morgan fingerprint density at radius 3 is 2.76 bits per heavy atom. The van der Waals surface area contributed by atoms with Gasteiger partial charge in [0.1, 0.15) is 0 Å². The number of benzene rings is 1. The van der Waals surface area contributed by atoms with Crippen molar-refractivity contribution in [2.75, 3.05) is 46.1 Å². The largest absolute Gasteiger partial charge is 0.379 e. The minimum Gasteiger partial charge on any atom is -0.379 e. The molecule has 2 unspecified atom stereocenters. The summed E-state index contributed by atoms with van der Waals surface area (Å²) in [5, 5.41) is 6.65. The Morgan fingerprint density at radius 1 is 1.21 bits per heavy atom. The molecule has 0 bridgehead atoms. The molecule has 29 heavy (non-hydrogen) atoms. The van der Waals surface area contributed by atoms with Crippen molar-refractivity contribution in [1.29, 1.82) is 0 Å². The van der Waals surface area contributed by atoms with Gasteiger partial charge in [0.2, 0.25) is 0 Å². The van der Waals surface area contributed by atoms with E-state index in [0.717, 1.165) is 71.1 Å². The van der Waals surface area contributed by atoms with Gasteiger partial charge in [-0.15, -0.1) is 24.0 Å². The fourth-order valence-corrected chi connectivity index (χ4v) is 3.05. The van der Waals surface area contributed by atoms with E-state index in [4.69, 9.17) is 14.2 Å². The van der Waals surface area contributed by atoms with Gasteiger partial charge < -0.3 is 24.8 Å². The fraction of sp³-hybridized carbons (Fsp3) is 0.682. The highest BCUT2D eigenvalue weighted by Crippen LogP contribution is 2.15. The second kappa shape index (κ2) is 16.8. The van der Waals surface area contributed by atoms with Crippen LogP contribution in [-0.2, 0) is 14.2 Å². The number of guanidine groups is 1. The molecular formula is C22H38IN3O3. The number of rotatable bonds is 13. The normalized spacial score (nSPS) is 17.6. The second-order valence-electron chi connectivity index (χ2n) is 7.03. The topological polar surface area (TPSA) is 64.1 Å². The lowest BCUT2D eigenvalue weighted by Gasteiger charge is -2.15. The van der Waals surface area contributed by atoms with Crippen molar-refractivity contribution in [1.82, 2.24) is 10.6 Å². The average Bonchev–Trinajstić information content (AvgIpc) is 3.24. The number of hydrogen-bond acceptors (Lipinski definition) is 4. The summed E-state index contributed by atoms with van der Waals surface area (Å²) in [5.41, 5.74) is 1.21. The summed E-state index contributed by atoms with van der Waals surface area (Å²) in [6, 6.07) is 10.3. The van der Waals surface area contributed by atoms with Crippen molar-refractivity contribution in [3.05, 3.63) is 35.9 Å². The van der Waals surface area contributed by atoms with E-state index in [1.807, 2.05) is 18.2 Å². The van der Waals surface area contributed by atoms with Crippen LogP contribution in [0, 0.1) is 0 Å². The zero-order valence-electron chi connectivity index (χ0n) is 17.9. The van der Waals surface area contributed by atoms with Crippen LogP contribution in [0.5, 0.6) is 0 Å². The van der Waals surface area contributed by atoms with Crippen LogP contribution in [0.3, 0.4) is 0 Å². The highest BCUT2D eigenvalue weighted by Gasteiger charge is 2.14. The summed E-state index contributed by atoms with van der Waals surface area (Å²) < 4.78 is 17.1. The predicted octanol–water partition coefficient (Wildman–Crippen LogP) is 3.91. The van der Waals surface area contributed by atoms with Crippen molar-refractivity contribution in [3.63, 3.8) is 0 Å². The van der Waals surface area contributed by atoms with Crippen molar-refractivity contribution >= 4 is 29.9 Å². The molecule has 7 heteroatoms. The molecule has 6 nitrogen and oxygen atoms in total. The number of hydrogen-bond donors (Lipinski definition) is 2. The Labute approximate surface area is 193 Å². The van der Waals surface area contributed by atoms with E-state index in [1.54, 1.807) is 0 Å². The van der Waals surface area contributed by atoms with Crippen LogP contribution in [-0.4, -0.2) is 58.1 Å². The molecule has 0 aromatic heterocycles. The third kappa shape index (κ3) is 11.8. The van der Waals surface area contributed by atoms with Crippen molar-refractivity contribution in [2.45, 2.75) is 51.7 Å². The third-order valence-corrected chi connectivity index (χ3v) is 4.64. The first kappa shape index (κ1) is 26.1. The lowest BCUT2D eigenvalue weighted by atomic mass is 10.1. The van der Waals surface area contributed by atoms with Crippen LogP contribution in [0.1, 0.15) is 51.2 Å². The first-order chi connectivity index (χ1) is 13.8. The van der Waals surface area contributed by atoms with Crippen LogP contribution in [0.15, 0.2) is 35.3 Å². The van der Waals surface area contributed by atoms with Gasteiger partial charge in [0.25, 0.3) is 0 Å². The fourth-order valence-electron chi connectivity index (χ4n) is 3.05. The van der Waals surface area contributed by atoms with Gasteiger partial charge >= 0.3 is 0 Å². The quantitative estimate of drug-likeness (QED) is 0.179. The summed E-state index contributed by atoms with van der Waals surface area (Å²) >= 11 is 0. The number of halogens is 1. The number of nitrogens with zero attached hydrogens (tertiary/aromatic N) is 1. The van der Waals surface area contributed by atoms with E-state index in [9.17, 15) is 0 Å². The monoisotopic (exact) mass is 519 g/mol. The molecule has 1 aliphatic rings. The molecular weight excluding hydrogens is 481 g/mol. The van der Waals surface area contributed by atoms with Crippen molar-refractivity contribution < 1.29 is 14.2 Å². The predicted molar refractivity (Wildman–Crippen MR) is 129 cm³/mol. The number of ether oxygens (including phenoxy) is 3. The summed E-state index contributed by atoms with van der Waals surface area (Å²) in [6.45, 7) is 9.65. The van der Waals surface area contributed by atoms with Crippen molar-refractivity contribution in [3.8, 4) is 0 Å². The van der Waals surface area contributed by atoms with Gasteiger partial charge in [0.05, 0.1) is 18.8 Å². The minimum absolute atomic E-state index is 0. The molecule has 2 atom stereocenters. The molecule has 2 rings (SSSR count). The van der Waals surface area contributed by atoms with E-state index in [2.05, 4.69) is 41.6 Å². The summed E-state index contributed by atoms with van der Waals surface area (Å²) in [6.07, 6.45) is 4.56. The van der Waals surface area contributed by atoms with Crippen LogP contribution in [0.25, 0.3) is 0 Å². The van der Waals surface area contributed by atoms with Gasteiger partial charge in [-0.3, -0.25) is 4.99 Å². The highest BCUT2D eigenvalue weighted by atomic mass is 127. The van der Waals surface area contributed by atoms with E-state index in [0.29, 0.717) is 12.7 Å². The van der Waals surface area contributed by atoms with Crippen LogP contribution < -0.4 is 10.6 Å². The molecule has 1 aliphatic heterocycles. The maximum atomic E-state index is 5.91. The van der Waals surface area contributed by atoms with Gasteiger partial charge in [-0.1, -0.05) is 30.3 Å². The van der Waals surface area contributed by atoms with Crippen molar-refractivity contribution in [2.24, 2.45) is 4.99 Å². The molecule has 0 spiro atoms. The first-order valence-corrected chi connectivity index (χ1v) is 10.7. The zero-order chi connectivity index (χ0) is 19.9. The molecule has 0 amide bonds. The maximum absolute atomic E-state index is 5.91. The van der Waals surface area contributed by atoms with Gasteiger partial charge in [0.15, 0.2) is 5.96 Å². The second-order valence-corrected chi connectivity index (χ2v) is 7.03. The molecule has 2 N–H and O–H groups in total. The van der Waals surface area contributed by atoms with Gasteiger partial charge in [-0.25, -0.2) is 0 Å². The lowest BCUT2D eigenvalue weighted by molar-refractivity contribution is 0.0171. The molecule has 166 valence electrons. The standard InChI is InChI=1S/C22H37N3O3.HI/c1-3-23-22(24-13-8-15-26-18-21-12-7-16-28-21)25-14-9-17-27-19(2)20-10-5-4-6-11-20;/h4-6,10-11,19,21H,3,7-9,12-18H2,1-2H3,(H2,23,24,25);1H.